The van der Waals surface area contributed by atoms with Crippen LogP contribution in [-0.2, 0) is 9.05 Å². The molecule has 0 unspecified atom stereocenters. The smallest absolute Gasteiger partial charge is 0.281 e. The van der Waals surface area contributed by atoms with Gasteiger partial charge in [0.2, 0.25) is 0 Å². The van der Waals surface area contributed by atoms with Gasteiger partial charge in [-0.25, -0.2) is 0 Å². The molecular formula is C2H6Cl4O4P2. The Bertz CT molecular complexity index is 80.7. The van der Waals surface area contributed by atoms with E-state index in [2.05, 4.69) is 9.05 Å². The maximum Gasteiger partial charge on any atom is 0.281 e. The van der Waals surface area contributed by atoms with Crippen molar-refractivity contribution in [2.24, 2.45) is 0 Å². The van der Waals surface area contributed by atoms with Gasteiger partial charge in [-0.3, -0.25) is 9.05 Å². The van der Waals surface area contributed by atoms with Gasteiger partial charge in [0.05, 0.1) is 0 Å². The second-order valence-electron chi connectivity index (χ2n) is 0.922. The molecule has 0 aromatic rings. The first-order valence-electron chi connectivity index (χ1n) is 2.25. The molecule has 1 fully saturated rings. The molecule has 10 heteroatoms. The van der Waals surface area contributed by atoms with E-state index in [1.807, 2.05) is 0 Å². The minimum absolute atomic E-state index is 0.384. The molecule has 1 aliphatic heterocycles. The Labute approximate surface area is 91.5 Å². The summed E-state index contributed by atoms with van der Waals surface area (Å²) < 4.78 is 9.08. The van der Waals surface area contributed by atoms with E-state index in [1.54, 1.807) is 0 Å². The number of rotatable bonds is 0. The summed E-state index contributed by atoms with van der Waals surface area (Å²) in [6.07, 6.45) is 0. The van der Waals surface area contributed by atoms with Gasteiger partial charge < -0.3 is 10.2 Å². The summed E-state index contributed by atoms with van der Waals surface area (Å²) in [5.41, 5.74) is 0. The van der Waals surface area contributed by atoms with Gasteiger partial charge in [-0.1, -0.05) is 33.7 Å². The van der Waals surface area contributed by atoms with E-state index < -0.39 is 20.5 Å². The van der Waals surface area contributed by atoms with Crippen LogP contribution in [0.2, 0.25) is 0 Å². The highest BCUT2D eigenvalue weighted by molar-refractivity contribution is 8.20. The number of halogens is 4. The molecule has 1 heterocycles. The van der Waals surface area contributed by atoms with Crippen LogP contribution in [0.5, 0.6) is 0 Å². The fraction of sp³-hybridized carbons (Fsp3) is 1.00. The molecule has 1 aliphatic rings. The van der Waals surface area contributed by atoms with Gasteiger partial charge in [0.25, 0.3) is 7.73 Å². The first-order valence-corrected chi connectivity index (χ1v) is 8.39. The van der Waals surface area contributed by atoms with Gasteiger partial charge in [-0.2, -0.15) is 0 Å². The minimum atomic E-state index is -1.20. The Morgan fingerprint density at radius 1 is 1.25 bits per heavy atom. The molecule has 1 rings (SSSR count). The van der Waals surface area contributed by atoms with Crippen LogP contribution >= 0.6 is 58.7 Å². The molecule has 0 aromatic heterocycles. The SMILES string of the molecule is ClP(Cl)Cl.ClP1OCO1.OCO. The van der Waals surface area contributed by atoms with Crippen molar-refractivity contribution in [3.05, 3.63) is 0 Å². The fourth-order valence-corrected chi connectivity index (χ4v) is 0.517. The zero-order chi connectivity index (χ0) is 9.98. The van der Waals surface area contributed by atoms with Crippen molar-refractivity contribution in [1.29, 1.82) is 0 Å². The molecule has 12 heavy (non-hydrogen) atoms. The third-order valence-corrected chi connectivity index (χ3v) is 1.51. The average Bonchev–Trinajstić information content (AvgIpc) is 1.84. The summed E-state index contributed by atoms with van der Waals surface area (Å²) in [6, 6.07) is 0. The van der Waals surface area contributed by atoms with E-state index in [0.29, 0.717) is 6.79 Å². The lowest BCUT2D eigenvalue weighted by Gasteiger charge is -2.16. The topological polar surface area (TPSA) is 58.9 Å². The Hall–Kier alpha value is 1.86. The van der Waals surface area contributed by atoms with Crippen LogP contribution in [0.4, 0.5) is 0 Å². The molecule has 4 nitrogen and oxygen atoms in total. The van der Waals surface area contributed by atoms with Crippen molar-refractivity contribution in [3.8, 4) is 0 Å². The first-order chi connectivity index (χ1) is 5.54. The molecule has 0 saturated carbocycles. The Kier molecular flexibility index (Phi) is 17.5. The third-order valence-electron chi connectivity index (χ3n) is 0.308. The molecule has 1 saturated heterocycles. The largest absolute Gasteiger partial charge is 0.371 e. The summed E-state index contributed by atoms with van der Waals surface area (Å²) in [5.74, 6) is -1.20. The second-order valence-corrected chi connectivity index (χ2v) is 7.67. The van der Waals surface area contributed by atoms with E-state index in [-0.39, 0.29) is 0 Å². The molecule has 0 aromatic carbocycles. The summed E-state index contributed by atoms with van der Waals surface area (Å²) in [5, 5.41) is 14.2. The Morgan fingerprint density at radius 2 is 1.42 bits per heavy atom. The molecule has 0 spiro atoms. The standard InChI is InChI=1S/CH2ClO2P.CH4O2.Cl3P/c2-5-3-1-4-5;2-1-3;1-4(2)3/h1H2;2-3H,1H2;. The quantitative estimate of drug-likeness (QED) is 0.532. The van der Waals surface area contributed by atoms with Crippen molar-refractivity contribution < 1.29 is 19.3 Å². The van der Waals surface area contributed by atoms with E-state index >= 15 is 0 Å². The normalized spacial score (nSPS) is 15.2. The van der Waals surface area contributed by atoms with Gasteiger partial charge >= 0.3 is 0 Å². The predicted molar refractivity (Wildman–Crippen MR) is 53.6 cm³/mol. The zero-order valence-electron chi connectivity index (χ0n) is 5.53. The summed E-state index contributed by atoms with van der Waals surface area (Å²) in [7, 11) is -0.945. The van der Waals surface area contributed by atoms with Crippen molar-refractivity contribution >= 4 is 58.7 Å². The number of aliphatic hydroxyl groups excluding tert-OH is 1. The van der Waals surface area contributed by atoms with Crippen LogP contribution < -0.4 is 0 Å². The van der Waals surface area contributed by atoms with Crippen LogP contribution in [0.25, 0.3) is 0 Å². The van der Waals surface area contributed by atoms with Crippen LogP contribution in [0.15, 0.2) is 0 Å². The number of hydrogen-bond donors (Lipinski definition) is 2. The highest BCUT2D eigenvalue weighted by atomic mass is 36.0. The number of hydrogen-bond acceptors (Lipinski definition) is 4. The lowest BCUT2D eigenvalue weighted by Crippen LogP contribution is -1.99. The molecule has 0 radical (unpaired) electrons. The van der Waals surface area contributed by atoms with E-state index in [1.165, 1.54) is 0 Å². The highest BCUT2D eigenvalue weighted by Crippen LogP contribution is 2.51. The third kappa shape index (κ3) is 22.6. The predicted octanol–water partition coefficient (Wildman–Crippen LogP) is 3.31. The highest BCUT2D eigenvalue weighted by Gasteiger charge is 2.14. The zero-order valence-corrected chi connectivity index (χ0v) is 10.3. The number of aliphatic hydroxyl groups is 2. The van der Waals surface area contributed by atoms with Crippen molar-refractivity contribution in [3.63, 3.8) is 0 Å². The molecule has 0 atom stereocenters. The second kappa shape index (κ2) is 12.9. The van der Waals surface area contributed by atoms with Crippen molar-refractivity contribution in [2.75, 3.05) is 13.6 Å². The van der Waals surface area contributed by atoms with Crippen LogP contribution in [0, 0.1) is 0 Å². The molecule has 76 valence electrons. The summed E-state index contributed by atoms with van der Waals surface area (Å²) in [4.78, 5) is 0. The maximum atomic E-state index is 7.12. The van der Waals surface area contributed by atoms with E-state index in [4.69, 9.17) is 55.2 Å². The van der Waals surface area contributed by atoms with Crippen LogP contribution in [-0.4, -0.2) is 23.8 Å². The van der Waals surface area contributed by atoms with Gasteiger partial charge in [0, 0.05) is 0 Å². The molecule has 2 N–H and O–H groups in total. The molecule has 0 amide bonds. The Morgan fingerprint density at radius 3 is 1.42 bits per heavy atom. The molecule has 0 aliphatic carbocycles. The van der Waals surface area contributed by atoms with E-state index in [9.17, 15) is 0 Å². The van der Waals surface area contributed by atoms with Gasteiger partial charge in [-0.15, -0.1) is 0 Å². The molecular weight excluding hydrogens is 292 g/mol. The van der Waals surface area contributed by atoms with Crippen LogP contribution in [0.1, 0.15) is 0 Å². The van der Waals surface area contributed by atoms with Gasteiger partial charge in [0.1, 0.15) is 6.79 Å². The first kappa shape index (κ1) is 16.3. The lowest BCUT2D eigenvalue weighted by molar-refractivity contribution is 0.0483. The van der Waals surface area contributed by atoms with Gasteiger partial charge in [0.15, 0.2) is 12.8 Å². The molecule has 0 bridgehead atoms. The summed E-state index contributed by atoms with van der Waals surface area (Å²) >= 11 is 19.8. The fourth-order valence-electron chi connectivity index (χ4n) is 0.0925. The minimum Gasteiger partial charge on any atom is -0.371 e. The van der Waals surface area contributed by atoms with Crippen molar-refractivity contribution in [2.45, 2.75) is 0 Å². The van der Waals surface area contributed by atoms with Gasteiger partial charge in [-0.05, 0) is 11.2 Å². The average molecular weight is 298 g/mol. The monoisotopic (exact) mass is 296 g/mol. The maximum absolute atomic E-state index is 7.12. The van der Waals surface area contributed by atoms with Crippen molar-refractivity contribution in [1.82, 2.24) is 0 Å². The lowest BCUT2D eigenvalue weighted by atomic mass is 11.6. The van der Waals surface area contributed by atoms with E-state index in [0.717, 1.165) is 0 Å². The Balaban J connectivity index is 0. The summed E-state index contributed by atoms with van der Waals surface area (Å²) in [6.45, 7) is -0.366. The van der Waals surface area contributed by atoms with Crippen LogP contribution in [0.3, 0.4) is 0 Å².